The Kier molecular flexibility index (Phi) is 5.52. The molecule has 1 unspecified atom stereocenters. The molecule has 0 fully saturated rings. The molecule has 144 valence electrons. The number of benzene rings is 3. The van der Waals surface area contributed by atoms with E-state index in [0.717, 1.165) is 23.2 Å². The Bertz CT molecular complexity index is 1050. The zero-order valence-corrected chi connectivity index (χ0v) is 16.3. The predicted molar refractivity (Wildman–Crippen MR) is 115 cm³/mol. The van der Waals surface area contributed by atoms with E-state index in [4.69, 9.17) is 0 Å². The van der Waals surface area contributed by atoms with E-state index in [1.165, 1.54) is 5.56 Å². The van der Waals surface area contributed by atoms with Crippen LogP contribution in [0.2, 0.25) is 0 Å². The van der Waals surface area contributed by atoms with Crippen LogP contribution in [0.25, 0.3) is 0 Å². The number of amides is 1. The van der Waals surface area contributed by atoms with Crippen LogP contribution in [0.3, 0.4) is 0 Å². The molecule has 29 heavy (non-hydrogen) atoms. The third kappa shape index (κ3) is 4.61. The molecule has 0 saturated carbocycles. The molecular formula is C25H23N3O. The number of nitrogens with one attached hydrogen (secondary N) is 1. The lowest BCUT2D eigenvalue weighted by Crippen LogP contribution is -2.29. The topological polar surface area (TPSA) is 46.9 Å². The maximum atomic E-state index is 13.0. The molecule has 3 aromatic carbocycles. The molecule has 1 amide bonds. The highest BCUT2D eigenvalue weighted by atomic mass is 16.1. The Hall–Kier alpha value is -3.66. The molecule has 0 spiro atoms. The van der Waals surface area contributed by atoms with Crippen LogP contribution in [-0.2, 0) is 6.54 Å². The summed E-state index contributed by atoms with van der Waals surface area (Å²) in [4.78, 5) is 17.0. The largest absolute Gasteiger partial charge is 0.341 e. The van der Waals surface area contributed by atoms with Crippen LogP contribution in [0.4, 0.5) is 0 Å². The fraction of sp³-hybridized carbons (Fsp3) is 0.120. The minimum absolute atomic E-state index is 0.0893. The third-order valence-electron chi connectivity index (χ3n) is 4.96. The van der Waals surface area contributed by atoms with Gasteiger partial charge in [0.25, 0.3) is 5.91 Å². The molecule has 4 rings (SSSR count). The van der Waals surface area contributed by atoms with Crippen LogP contribution in [0.1, 0.15) is 38.7 Å². The van der Waals surface area contributed by atoms with Crippen molar-refractivity contribution < 1.29 is 4.79 Å². The highest BCUT2D eigenvalue weighted by Crippen LogP contribution is 2.23. The van der Waals surface area contributed by atoms with Crippen LogP contribution in [-0.4, -0.2) is 15.5 Å². The number of nitrogens with zero attached hydrogens (tertiary/aromatic N) is 2. The molecule has 0 aliphatic heterocycles. The third-order valence-corrected chi connectivity index (χ3v) is 4.96. The van der Waals surface area contributed by atoms with Gasteiger partial charge in [0, 0.05) is 24.5 Å². The van der Waals surface area contributed by atoms with Crippen LogP contribution in [0.5, 0.6) is 0 Å². The normalized spacial score (nSPS) is 11.8. The number of aromatic nitrogens is 2. The fourth-order valence-corrected chi connectivity index (χ4v) is 3.33. The summed E-state index contributed by atoms with van der Waals surface area (Å²) in [5.41, 5.74) is 5.08. The second-order valence-corrected chi connectivity index (χ2v) is 7.16. The Morgan fingerprint density at radius 3 is 2.28 bits per heavy atom. The quantitative estimate of drug-likeness (QED) is 0.523. The molecule has 0 bridgehead atoms. The molecule has 4 heteroatoms. The van der Waals surface area contributed by atoms with Crippen LogP contribution < -0.4 is 5.32 Å². The number of hydrogen-bond donors (Lipinski definition) is 1. The molecule has 1 heterocycles. The van der Waals surface area contributed by atoms with Gasteiger partial charge in [-0.2, -0.15) is 0 Å². The summed E-state index contributed by atoms with van der Waals surface area (Å²) in [6.45, 7) is 2.79. The van der Waals surface area contributed by atoms with Crippen molar-refractivity contribution in [3.05, 3.63) is 125 Å². The van der Waals surface area contributed by atoms with E-state index in [0.29, 0.717) is 5.56 Å². The lowest BCUT2D eigenvalue weighted by Gasteiger charge is -2.20. The standard InChI is InChI=1S/C25H23N3O/c1-19-7-11-22(12-8-19)24(21-5-3-2-4-6-21)27-25(29)23-13-9-20(10-14-23)17-28-16-15-26-18-28/h2-16,18,24H,17H2,1H3,(H,27,29). The zero-order chi connectivity index (χ0) is 20.1. The van der Waals surface area contributed by atoms with Gasteiger partial charge < -0.3 is 9.88 Å². The van der Waals surface area contributed by atoms with Crippen molar-refractivity contribution in [3.8, 4) is 0 Å². The number of carbonyl (C=O) groups is 1. The molecule has 0 radical (unpaired) electrons. The molecule has 1 aromatic heterocycles. The first-order valence-corrected chi connectivity index (χ1v) is 9.66. The minimum atomic E-state index is -0.199. The van der Waals surface area contributed by atoms with Gasteiger partial charge in [0.1, 0.15) is 0 Å². The Morgan fingerprint density at radius 2 is 1.62 bits per heavy atom. The number of hydrogen-bond acceptors (Lipinski definition) is 2. The highest BCUT2D eigenvalue weighted by molar-refractivity contribution is 5.94. The molecule has 1 atom stereocenters. The van der Waals surface area contributed by atoms with Gasteiger partial charge in [0.15, 0.2) is 0 Å². The maximum absolute atomic E-state index is 13.0. The van der Waals surface area contributed by atoms with Crippen molar-refractivity contribution in [2.45, 2.75) is 19.5 Å². The molecule has 0 saturated heterocycles. The fourth-order valence-electron chi connectivity index (χ4n) is 3.33. The van der Waals surface area contributed by atoms with Crippen molar-refractivity contribution in [2.75, 3.05) is 0 Å². The predicted octanol–water partition coefficient (Wildman–Crippen LogP) is 4.76. The van der Waals surface area contributed by atoms with Gasteiger partial charge >= 0.3 is 0 Å². The average molecular weight is 381 g/mol. The van der Waals surface area contributed by atoms with Crippen molar-refractivity contribution in [3.63, 3.8) is 0 Å². The van der Waals surface area contributed by atoms with E-state index in [2.05, 4.69) is 41.5 Å². The van der Waals surface area contributed by atoms with E-state index in [9.17, 15) is 4.79 Å². The van der Waals surface area contributed by atoms with E-state index in [1.807, 2.05) is 65.4 Å². The highest BCUT2D eigenvalue weighted by Gasteiger charge is 2.17. The number of imidazole rings is 1. The summed E-state index contributed by atoms with van der Waals surface area (Å²) in [7, 11) is 0. The lowest BCUT2D eigenvalue weighted by molar-refractivity contribution is 0.0943. The smallest absolute Gasteiger partial charge is 0.252 e. The summed E-state index contributed by atoms with van der Waals surface area (Å²) in [6.07, 6.45) is 5.47. The first kappa shape index (κ1) is 18.7. The first-order valence-electron chi connectivity index (χ1n) is 9.66. The van der Waals surface area contributed by atoms with Crippen LogP contribution >= 0.6 is 0 Å². The van der Waals surface area contributed by atoms with Crippen LogP contribution in [0, 0.1) is 6.92 Å². The van der Waals surface area contributed by atoms with Gasteiger partial charge in [-0.05, 0) is 35.7 Å². The van der Waals surface area contributed by atoms with Gasteiger partial charge in [0.2, 0.25) is 0 Å². The van der Waals surface area contributed by atoms with Gasteiger partial charge in [-0.3, -0.25) is 4.79 Å². The number of carbonyl (C=O) groups excluding carboxylic acids is 1. The van der Waals surface area contributed by atoms with E-state index in [1.54, 1.807) is 12.5 Å². The van der Waals surface area contributed by atoms with Gasteiger partial charge in [-0.25, -0.2) is 4.98 Å². The second kappa shape index (κ2) is 8.57. The minimum Gasteiger partial charge on any atom is -0.341 e. The van der Waals surface area contributed by atoms with Crippen molar-refractivity contribution in [1.29, 1.82) is 0 Å². The van der Waals surface area contributed by atoms with E-state index >= 15 is 0 Å². The summed E-state index contributed by atoms with van der Waals surface area (Å²) in [6, 6.07) is 25.9. The average Bonchev–Trinajstić information content (AvgIpc) is 3.27. The lowest BCUT2D eigenvalue weighted by atomic mass is 9.97. The van der Waals surface area contributed by atoms with E-state index in [-0.39, 0.29) is 11.9 Å². The summed E-state index contributed by atoms with van der Waals surface area (Å²) in [5, 5.41) is 3.20. The summed E-state index contributed by atoms with van der Waals surface area (Å²) in [5.74, 6) is -0.0893. The van der Waals surface area contributed by atoms with Crippen LogP contribution in [0.15, 0.2) is 97.6 Å². The SMILES string of the molecule is Cc1ccc(C(NC(=O)c2ccc(Cn3ccnc3)cc2)c2ccccc2)cc1. The Balaban J connectivity index is 1.54. The molecule has 4 aromatic rings. The molecule has 0 aliphatic carbocycles. The van der Waals surface area contributed by atoms with Gasteiger partial charge in [-0.1, -0.05) is 72.3 Å². The first-order chi connectivity index (χ1) is 14.2. The van der Waals surface area contributed by atoms with Crippen molar-refractivity contribution in [2.24, 2.45) is 0 Å². The van der Waals surface area contributed by atoms with Crippen molar-refractivity contribution >= 4 is 5.91 Å². The monoisotopic (exact) mass is 381 g/mol. The molecule has 1 N–H and O–H groups in total. The zero-order valence-electron chi connectivity index (χ0n) is 16.3. The molecule has 0 aliphatic rings. The summed E-state index contributed by atoms with van der Waals surface area (Å²) < 4.78 is 2.00. The number of rotatable bonds is 6. The van der Waals surface area contributed by atoms with Gasteiger partial charge in [0.05, 0.1) is 12.4 Å². The van der Waals surface area contributed by atoms with Crippen molar-refractivity contribution in [1.82, 2.24) is 14.9 Å². The Morgan fingerprint density at radius 1 is 0.931 bits per heavy atom. The van der Waals surface area contributed by atoms with E-state index < -0.39 is 0 Å². The molecular weight excluding hydrogens is 358 g/mol. The Labute approximate surface area is 170 Å². The second-order valence-electron chi connectivity index (χ2n) is 7.16. The maximum Gasteiger partial charge on any atom is 0.252 e. The number of aryl methyl sites for hydroxylation is 1. The molecule has 4 nitrogen and oxygen atoms in total. The summed E-state index contributed by atoms with van der Waals surface area (Å²) >= 11 is 0. The van der Waals surface area contributed by atoms with Gasteiger partial charge in [-0.15, -0.1) is 0 Å².